The van der Waals surface area contributed by atoms with Gasteiger partial charge in [-0.1, -0.05) is 0 Å². The second kappa shape index (κ2) is 5.21. The summed E-state index contributed by atoms with van der Waals surface area (Å²) in [6, 6.07) is 5.67. The van der Waals surface area contributed by atoms with Crippen LogP contribution < -0.4 is 4.89 Å². The fourth-order valence-corrected chi connectivity index (χ4v) is 1.35. The lowest BCUT2D eigenvalue weighted by Crippen LogP contribution is -1.98. The highest BCUT2D eigenvalue weighted by Crippen LogP contribution is 2.20. The van der Waals surface area contributed by atoms with Crippen LogP contribution in [0.25, 0.3) is 11.4 Å². The first-order valence-electron chi connectivity index (χ1n) is 4.84. The van der Waals surface area contributed by atoms with E-state index in [-0.39, 0.29) is 11.3 Å². The molecule has 0 unspecified atom stereocenters. The van der Waals surface area contributed by atoms with E-state index in [9.17, 15) is 4.79 Å². The van der Waals surface area contributed by atoms with Crippen LogP contribution in [0.4, 0.5) is 0 Å². The van der Waals surface area contributed by atoms with E-state index in [1.165, 1.54) is 36.7 Å². The van der Waals surface area contributed by atoms with E-state index in [2.05, 4.69) is 19.9 Å². The summed E-state index contributed by atoms with van der Waals surface area (Å²) in [7, 11) is 0. The molecular formula is C11H8N2O5. The summed E-state index contributed by atoms with van der Waals surface area (Å²) in [5.41, 5.74) is 0.873. The molecule has 0 bridgehead atoms. The zero-order valence-corrected chi connectivity index (χ0v) is 8.98. The predicted molar refractivity (Wildman–Crippen MR) is 58.8 cm³/mol. The number of hydrogen-bond acceptors (Lipinski definition) is 6. The number of rotatable bonds is 4. The fourth-order valence-electron chi connectivity index (χ4n) is 1.35. The van der Waals surface area contributed by atoms with E-state index in [0.717, 1.165) is 0 Å². The summed E-state index contributed by atoms with van der Waals surface area (Å²) >= 11 is 0. The van der Waals surface area contributed by atoms with E-state index >= 15 is 0 Å². The Balaban J connectivity index is 2.38. The summed E-state index contributed by atoms with van der Waals surface area (Å²) in [6.07, 6.45) is 2.79. The van der Waals surface area contributed by atoms with Gasteiger partial charge in [0.05, 0.1) is 17.0 Å². The molecule has 18 heavy (non-hydrogen) atoms. The minimum absolute atomic E-state index is 0.103. The summed E-state index contributed by atoms with van der Waals surface area (Å²) in [6.45, 7) is 0. The SMILES string of the molecule is O=C(O)c1ccnc(-c2cc(OOO)ccn2)c1. The van der Waals surface area contributed by atoms with E-state index in [1.807, 2.05) is 0 Å². The van der Waals surface area contributed by atoms with E-state index in [0.29, 0.717) is 11.4 Å². The van der Waals surface area contributed by atoms with Gasteiger partial charge in [0.2, 0.25) is 0 Å². The quantitative estimate of drug-likeness (QED) is 0.626. The van der Waals surface area contributed by atoms with Crippen molar-refractivity contribution in [2.24, 2.45) is 0 Å². The fraction of sp³-hybridized carbons (Fsp3) is 0. The van der Waals surface area contributed by atoms with Gasteiger partial charge in [0.15, 0.2) is 5.75 Å². The first-order valence-corrected chi connectivity index (χ1v) is 4.84. The molecular weight excluding hydrogens is 240 g/mol. The Kier molecular flexibility index (Phi) is 3.46. The Morgan fingerprint density at radius 2 is 1.78 bits per heavy atom. The van der Waals surface area contributed by atoms with Crippen molar-refractivity contribution in [3.63, 3.8) is 0 Å². The number of nitrogens with zero attached hydrogens (tertiary/aromatic N) is 2. The Hall–Kier alpha value is -2.51. The van der Waals surface area contributed by atoms with Crippen molar-refractivity contribution in [2.75, 3.05) is 0 Å². The van der Waals surface area contributed by atoms with Crippen LogP contribution in [0.3, 0.4) is 0 Å². The lowest BCUT2D eigenvalue weighted by atomic mass is 10.2. The number of hydrogen-bond donors (Lipinski definition) is 2. The number of aromatic nitrogens is 2. The molecule has 0 spiro atoms. The van der Waals surface area contributed by atoms with Gasteiger partial charge in [-0.3, -0.25) is 9.97 Å². The molecule has 2 aromatic rings. The lowest BCUT2D eigenvalue weighted by Gasteiger charge is -2.03. The van der Waals surface area contributed by atoms with E-state index in [4.69, 9.17) is 10.4 Å². The lowest BCUT2D eigenvalue weighted by molar-refractivity contribution is -0.438. The number of carboxylic acid groups (broad SMARTS) is 1. The third-order valence-corrected chi connectivity index (χ3v) is 2.13. The Morgan fingerprint density at radius 1 is 1.11 bits per heavy atom. The highest BCUT2D eigenvalue weighted by Gasteiger charge is 2.08. The first-order chi connectivity index (χ1) is 8.70. The van der Waals surface area contributed by atoms with Gasteiger partial charge in [0.25, 0.3) is 0 Å². The van der Waals surface area contributed by atoms with Gasteiger partial charge in [-0.2, -0.15) is 0 Å². The molecule has 0 aliphatic carbocycles. The molecule has 0 atom stereocenters. The Morgan fingerprint density at radius 3 is 2.44 bits per heavy atom. The summed E-state index contributed by atoms with van der Waals surface area (Å²) < 4.78 is 0. The average molecular weight is 248 g/mol. The van der Waals surface area contributed by atoms with Crippen molar-refractivity contribution in [1.29, 1.82) is 0 Å². The highest BCUT2D eigenvalue weighted by atomic mass is 17.5. The molecule has 0 fully saturated rings. The molecule has 0 saturated carbocycles. The van der Waals surface area contributed by atoms with E-state index in [1.54, 1.807) is 0 Å². The standard InChI is InChI=1S/C11H8N2O5/c14-11(15)7-1-3-12-9(5-7)10-6-8(17-18-16)2-4-13-10/h1-6,16H,(H,14,15). The molecule has 0 aromatic carbocycles. The molecule has 92 valence electrons. The normalized spacial score (nSPS) is 10.1. The van der Waals surface area contributed by atoms with Crippen molar-refractivity contribution in [3.8, 4) is 17.1 Å². The van der Waals surface area contributed by atoms with Crippen molar-refractivity contribution < 1.29 is 25.1 Å². The zero-order valence-electron chi connectivity index (χ0n) is 8.98. The maximum Gasteiger partial charge on any atom is 0.335 e. The largest absolute Gasteiger partial charge is 0.478 e. The van der Waals surface area contributed by atoms with Crippen LogP contribution >= 0.6 is 0 Å². The van der Waals surface area contributed by atoms with Crippen molar-refractivity contribution in [2.45, 2.75) is 0 Å². The zero-order chi connectivity index (χ0) is 13.0. The summed E-state index contributed by atoms with van der Waals surface area (Å²) in [4.78, 5) is 23.3. The van der Waals surface area contributed by atoms with Gasteiger partial charge in [-0.15, -0.1) is 0 Å². The van der Waals surface area contributed by atoms with Crippen molar-refractivity contribution >= 4 is 5.97 Å². The van der Waals surface area contributed by atoms with Crippen molar-refractivity contribution in [3.05, 3.63) is 42.2 Å². The monoisotopic (exact) mass is 248 g/mol. The molecule has 7 heteroatoms. The number of carboxylic acids is 1. The number of pyridine rings is 2. The molecule has 0 aliphatic rings. The van der Waals surface area contributed by atoms with Crippen LogP contribution in [0, 0.1) is 0 Å². The van der Waals surface area contributed by atoms with Gasteiger partial charge in [-0.05, 0) is 17.2 Å². The second-order valence-electron chi connectivity index (χ2n) is 3.27. The van der Waals surface area contributed by atoms with Crippen LogP contribution in [0.1, 0.15) is 10.4 Å². The van der Waals surface area contributed by atoms with Crippen LogP contribution in [0.2, 0.25) is 0 Å². The average Bonchev–Trinajstić information content (AvgIpc) is 2.39. The second-order valence-corrected chi connectivity index (χ2v) is 3.27. The molecule has 2 rings (SSSR count). The third-order valence-electron chi connectivity index (χ3n) is 2.13. The molecule has 0 saturated heterocycles. The topological polar surface area (TPSA) is 102 Å². The van der Waals surface area contributed by atoms with Gasteiger partial charge in [-0.25, -0.2) is 10.1 Å². The molecule has 2 aromatic heterocycles. The minimum Gasteiger partial charge on any atom is -0.478 e. The maximum atomic E-state index is 10.8. The molecule has 2 N–H and O–H groups in total. The van der Waals surface area contributed by atoms with Crippen LogP contribution in [0.15, 0.2) is 36.7 Å². The Bertz CT molecular complexity index is 573. The number of aromatic carboxylic acids is 1. The smallest absolute Gasteiger partial charge is 0.335 e. The van der Waals surface area contributed by atoms with Crippen LogP contribution in [0.5, 0.6) is 5.75 Å². The molecule has 0 aliphatic heterocycles. The molecule has 2 heterocycles. The molecule has 0 amide bonds. The summed E-state index contributed by atoms with van der Waals surface area (Å²) in [5, 5.41) is 20.6. The highest BCUT2D eigenvalue weighted by molar-refractivity contribution is 5.88. The minimum atomic E-state index is -1.05. The number of carbonyl (C=O) groups is 1. The van der Waals surface area contributed by atoms with Gasteiger partial charge >= 0.3 is 5.97 Å². The third kappa shape index (κ3) is 2.59. The van der Waals surface area contributed by atoms with Crippen LogP contribution in [-0.4, -0.2) is 26.3 Å². The first kappa shape index (κ1) is 12.0. The Labute approximate surface area is 101 Å². The molecule has 0 radical (unpaired) electrons. The van der Waals surface area contributed by atoms with Gasteiger partial charge in [0, 0.05) is 24.5 Å². The van der Waals surface area contributed by atoms with Crippen molar-refractivity contribution in [1.82, 2.24) is 9.97 Å². The van der Waals surface area contributed by atoms with Gasteiger partial charge < -0.3 is 9.99 Å². The maximum absolute atomic E-state index is 10.8. The predicted octanol–water partition coefficient (Wildman–Crippen LogP) is 1.63. The summed E-state index contributed by atoms with van der Waals surface area (Å²) in [5.74, 6) is -0.838. The van der Waals surface area contributed by atoms with E-state index < -0.39 is 5.97 Å². The van der Waals surface area contributed by atoms with Gasteiger partial charge in [0.1, 0.15) is 0 Å². The van der Waals surface area contributed by atoms with Crippen LogP contribution in [-0.2, 0) is 5.04 Å². The molecule has 7 nitrogen and oxygen atoms in total.